The molecule has 2 aromatic carbocycles. The van der Waals surface area contributed by atoms with Crippen LogP contribution in [0, 0.1) is 11.3 Å². The number of benzene rings is 2. The summed E-state index contributed by atoms with van der Waals surface area (Å²) in [6.45, 7) is 4.49. The van der Waals surface area contributed by atoms with E-state index in [0.29, 0.717) is 24.5 Å². The van der Waals surface area contributed by atoms with Crippen molar-refractivity contribution in [1.29, 1.82) is 5.26 Å². The molecule has 1 aliphatic rings. The van der Waals surface area contributed by atoms with Crippen LogP contribution in [0.1, 0.15) is 18.9 Å². The summed E-state index contributed by atoms with van der Waals surface area (Å²) in [4.78, 5) is 28.4. The Kier molecular flexibility index (Phi) is 6.82. The van der Waals surface area contributed by atoms with Crippen LogP contribution in [0.4, 0.5) is 17.1 Å². The van der Waals surface area contributed by atoms with Gasteiger partial charge in [0.15, 0.2) is 0 Å². The molecule has 150 valence electrons. The second kappa shape index (κ2) is 9.71. The summed E-state index contributed by atoms with van der Waals surface area (Å²) in [6, 6.07) is 16.6. The number of nitriles is 1. The van der Waals surface area contributed by atoms with Crippen LogP contribution in [-0.4, -0.2) is 44.7 Å². The molecule has 1 saturated heterocycles. The summed E-state index contributed by atoms with van der Waals surface area (Å²) in [5, 5.41) is 12.3. The Hall–Kier alpha value is -3.37. The minimum Gasteiger partial charge on any atom is -0.378 e. The van der Waals surface area contributed by atoms with Gasteiger partial charge in [0.05, 0.1) is 35.8 Å². The van der Waals surface area contributed by atoms with Crippen molar-refractivity contribution in [3.8, 4) is 6.07 Å². The number of morpholine rings is 1. The van der Waals surface area contributed by atoms with E-state index in [9.17, 15) is 14.9 Å². The predicted molar refractivity (Wildman–Crippen MR) is 112 cm³/mol. The van der Waals surface area contributed by atoms with Gasteiger partial charge in [-0.2, -0.15) is 5.26 Å². The molecule has 1 heterocycles. The van der Waals surface area contributed by atoms with Gasteiger partial charge in [0.1, 0.15) is 6.07 Å². The van der Waals surface area contributed by atoms with Crippen molar-refractivity contribution >= 4 is 28.9 Å². The Morgan fingerprint density at radius 2 is 1.83 bits per heavy atom. The maximum Gasteiger partial charge on any atom is 0.226 e. The third-order valence-electron chi connectivity index (χ3n) is 4.79. The number of amides is 2. The zero-order valence-electron chi connectivity index (χ0n) is 16.4. The number of rotatable bonds is 6. The number of carbonyl (C=O) groups is 2. The molecule has 7 heteroatoms. The van der Waals surface area contributed by atoms with Crippen molar-refractivity contribution in [1.82, 2.24) is 0 Å². The molecule has 0 radical (unpaired) electrons. The standard InChI is InChI=1S/C22H24N4O3/c1-17(27)26(20-8-4-2-6-18(20)16-23)11-10-22(28)24-19-7-3-5-9-21(19)25-12-14-29-15-13-25/h2-9H,10-15H2,1H3,(H,24,28). The smallest absolute Gasteiger partial charge is 0.226 e. The van der Waals surface area contributed by atoms with E-state index < -0.39 is 0 Å². The van der Waals surface area contributed by atoms with E-state index in [1.54, 1.807) is 24.3 Å². The lowest BCUT2D eigenvalue weighted by Gasteiger charge is -2.30. The first-order valence-electron chi connectivity index (χ1n) is 9.59. The molecule has 0 unspecified atom stereocenters. The molecule has 0 bridgehead atoms. The second-order valence-corrected chi connectivity index (χ2v) is 6.71. The van der Waals surface area contributed by atoms with Crippen molar-refractivity contribution in [3.63, 3.8) is 0 Å². The molecule has 1 aliphatic heterocycles. The van der Waals surface area contributed by atoms with Crippen LogP contribution in [0.5, 0.6) is 0 Å². The highest BCUT2D eigenvalue weighted by molar-refractivity contribution is 5.97. The summed E-state index contributed by atoms with van der Waals surface area (Å²) in [5.41, 5.74) is 2.62. The number of hydrogen-bond acceptors (Lipinski definition) is 5. The molecule has 0 aliphatic carbocycles. The van der Waals surface area contributed by atoms with Gasteiger partial charge in [-0.3, -0.25) is 9.59 Å². The van der Waals surface area contributed by atoms with Crippen molar-refractivity contribution in [2.24, 2.45) is 0 Å². The van der Waals surface area contributed by atoms with E-state index in [1.165, 1.54) is 11.8 Å². The molecule has 29 heavy (non-hydrogen) atoms. The molecule has 0 spiro atoms. The molecule has 1 fully saturated rings. The van der Waals surface area contributed by atoms with Crippen LogP contribution in [0.3, 0.4) is 0 Å². The van der Waals surface area contributed by atoms with Crippen molar-refractivity contribution in [3.05, 3.63) is 54.1 Å². The van der Waals surface area contributed by atoms with Crippen LogP contribution < -0.4 is 15.1 Å². The van der Waals surface area contributed by atoms with Crippen molar-refractivity contribution in [2.45, 2.75) is 13.3 Å². The number of nitrogens with one attached hydrogen (secondary N) is 1. The van der Waals surface area contributed by atoms with Gasteiger partial charge in [-0.25, -0.2) is 0 Å². The first-order chi connectivity index (χ1) is 14.1. The number of ether oxygens (including phenoxy) is 1. The highest BCUT2D eigenvalue weighted by Gasteiger charge is 2.18. The minimum atomic E-state index is -0.214. The van der Waals surface area contributed by atoms with Crippen LogP contribution in [0.15, 0.2) is 48.5 Å². The van der Waals surface area contributed by atoms with Gasteiger partial charge in [0.25, 0.3) is 0 Å². The summed E-state index contributed by atoms with van der Waals surface area (Å²) in [5.74, 6) is -0.402. The number of nitrogens with zero attached hydrogens (tertiary/aromatic N) is 3. The molecule has 0 aromatic heterocycles. The van der Waals surface area contributed by atoms with E-state index in [1.807, 2.05) is 24.3 Å². The maximum absolute atomic E-state index is 12.6. The normalized spacial score (nSPS) is 13.4. The monoisotopic (exact) mass is 392 g/mol. The Labute approximate surface area is 170 Å². The van der Waals surface area contributed by atoms with Crippen LogP contribution in [0.25, 0.3) is 0 Å². The zero-order chi connectivity index (χ0) is 20.6. The third-order valence-corrected chi connectivity index (χ3v) is 4.79. The van der Waals surface area contributed by atoms with Gasteiger partial charge in [-0.05, 0) is 24.3 Å². The van der Waals surface area contributed by atoms with Gasteiger partial charge in [-0.1, -0.05) is 24.3 Å². The maximum atomic E-state index is 12.6. The van der Waals surface area contributed by atoms with Gasteiger partial charge >= 0.3 is 0 Å². The average Bonchev–Trinajstić information content (AvgIpc) is 2.75. The fraction of sp³-hybridized carbons (Fsp3) is 0.318. The Morgan fingerprint density at radius 3 is 2.55 bits per heavy atom. The molecule has 0 saturated carbocycles. The Bertz CT molecular complexity index is 916. The van der Waals surface area contributed by atoms with E-state index in [0.717, 1.165) is 24.5 Å². The average molecular weight is 392 g/mol. The van der Waals surface area contributed by atoms with Gasteiger partial charge in [0.2, 0.25) is 11.8 Å². The second-order valence-electron chi connectivity index (χ2n) is 6.71. The lowest BCUT2D eigenvalue weighted by Crippen LogP contribution is -2.37. The summed E-state index contributed by atoms with van der Waals surface area (Å²) < 4.78 is 5.40. The molecule has 7 nitrogen and oxygen atoms in total. The Balaban J connectivity index is 1.68. The molecular weight excluding hydrogens is 368 g/mol. The van der Waals surface area contributed by atoms with E-state index in [4.69, 9.17) is 4.74 Å². The van der Waals surface area contributed by atoms with Gasteiger partial charge in [-0.15, -0.1) is 0 Å². The van der Waals surface area contributed by atoms with E-state index in [2.05, 4.69) is 16.3 Å². The molecule has 1 N–H and O–H groups in total. The number of para-hydroxylation sites is 3. The van der Waals surface area contributed by atoms with Crippen molar-refractivity contribution in [2.75, 3.05) is 48.0 Å². The number of hydrogen-bond donors (Lipinski definition) is 1. The zero-order valence-corrected chi connectivity index (χ0v) is 16.4. The molecule has 0 atom stereocenters. The topological polar surface area (TPSA) is 85.7 Å². The molecular formula is C22H24N4O3. The van der Waals surface area contributed by atoms with Crippen molar-refractivity contribution < 1.29 is 14.3 Å². The predicted octanol–water partition coefficient (Wildman–Crippen LogP) is 2.78. The molecule has 2 aromatic rings. The molecule has 2 amide bonds. The van der Waals surface area contributed by atoms with Crippen LogP contribution >= 0.6 is 0 Å². The minimum absolute atomic E-state index is 0.122. The fourth-order valence-corrected chi connectivity index (χ4v) is 3.34. The number of carbonyl (C=O) groups excluding carboxylic acids is 2. The van der Waals surface area contributed by atoms with Gasteiger partial charge < -0.3 is 19.9 Å². The summed E-state index contributed by atoms with van der Waals surface area (Å²) in [6.07, 6.45) is 0.122. The largest absolute Gasteiger partial charge is 0.378 e. The highest BCUT2D eigenvalue weighted by Crippen LogP contribution is 2.26. The van der Waals surface area contributed by atoms with E-state index in [-0.39, 0.29) is 24.8 Å². The Morgan fingerprint density at radius 1 is 1.14 bits per heavy atom. The highest BCUT2D eigenvalue weighted by atomic mass is 16.5. The molecule has 3 rings (SSSR count). The SMILES string of the molecule is CC(=O)N(CCC(=O)Nc1ccccc1N1CCOCC1)c1ccccc1C#N. The van der Waals surface area contributed by atoms with Crippen LogP contribution in [0.2, 0.25) is 0 Å². The summed E-state index contributed by atoms with van der Waals surface area (Å²) >= 11 is 0. The van der Waals surface area contributed by atoms with E-state index >= 15 is 0 Å². The first-order valence-corrected chi connectivity index (χ1v) is 9.59. The van der Waals surface area contributed by atoms with Gasteiger partial charge in [0, 0.05) is 33.0 Å². The quantitative estimate of drug-likeness (QED) is 0.817. The fourth-order valence-electron chi connectivity index (χ4n) is 3.34. The number of anilines is 3. The van der Waals surface area contributed by atoms with Crippen LogP contribution in [-0.2, 0) is 14.3 Å². The first kappa shape index (κ1) is 20.4. The lowest BCUT2D eigenvalue weighted by molar-refractivity contribution is -0.117. The third kappa shape index (κ3) is 5.12. The summed E-state index contributed by atoms with van der Waals surface area (Å²) in [7, 11) is 0. The lowest BCUT2D eigenvalue weighted by atomic mass is 10.1.